The molecule has 0 aliphatic heterocycles. The third-order valence-corrected chi connectivity index (χ3v) is 4.45. The van der Waals surface area contributed by atoms with Crippen molar-refractivity contribution in [3.8, 4) is 22.9 Å². The van der Waals surface area contributed by atoms with Crippen molar-refractivity contribution in [3.63, 3.8) is 0 Å². The minimum atomic E-state index is -0.146. The highest BCUT2D eigenvalue weighted by Crippen LogP contribution is 2.35. The van der Waals surface area contributed by atoms with Crippen molar-refractivity contribution in [1.82, 2.24) is 10.3 Å². The van der Waals surface area contributed by atoms with Gasteiger partial charge in [0.05, 0.1) is 11.3 Å². The number of aromatic hydroxyl groups is 1. The maximum atomic E-state index is 11.7. The lowest BCUT2D eigenvalue weighted by Gasteiger charge is -2.14. The third-order valence-electron chi connectivity index (χ3n) is 3.47. The summed E-state index contributed by atoms with van der Waals surface area (Å²) in [5, 5.41) is 22.3. The highest BCUT2D eigenvalue weighted by Gasteiger charge is 2.20. The van der Waals surface area contributed by atoms with E-state index in [1.165, 1.54) is 12.1 Å². The predicted octanol–water partition coefficient (Wildman–Crippen LogP) is 2.18. The number of anilines is 1. The number of nitrogens with two attached hydrogens (primary N) is 1. The molecule has 134 valence electrons. The Morgan fingerprint density at radius 1 is 1.46 bits per heavy atom. The largest absolute Gasteiger partial charge is 0.508 e. The second kappa shape index (κ2) is 8.87. The summed E-state index contributed by atoms with van der Waals surface area (Å²) in [6.07, 6.45) is 1.55. The number of nitrogens with one attached hydrogen (secondary N) is 1. The molecule has 0 spiro atoms. The first kappa shape index (κ1) is 19.3. The zero-order valence-corrected chi connectivity index (χ0v) is 15.3. The average molecular weight is 369 g/mol. The van der Waals surface area contributed by atoms with Crippen LogP contribution in [0.1, 0.15) is 18.1 Å². The maximum absolute atomic E-state index is 11.7. The van der Waals surface area contributed by atoms with Crippen LogP contribution in [-0.2, 0) is 4.79 Å². The Labute approximate surface area is 156 Å². The zero-order chi connectivity index (χ0) is 19.1. The molecule has 0 saturated carbocycles. The van der Waals surface area contributed by atoms with Crippen molar-refractivity contribution in [2.75, 3.05) is 25.1 Å². The monoisotopic (exact) mass is 369 g/mol. The van der Waals surface area contributed by atoms with Gasteiger partial charge in [-0.3, -0.25) is 9.79 Å². The average Bonchev–Trinajstić information content (AvgIpc) is 2.62. The number of thioether (sulfide) groups is 1. The fourth-order valence-electron chi connectivity index (χ4n) is 2.37. The molecule has 0 atom stereocenters. The standard InChI is InChI=1S/C18H19N5O2S/c1-3-22-15(25)10-26-18-13(8-19)16(11-4-6-12(24)7-5-11)14(9-21-2)17(20)23-18/h4-7,9,24H,3,10H2,1-2H3,(H2,20,23)(H,22,25). The fraction of sp³-hybridized carbons (Fsp3) is 0.222. The molecule has 1 amide bonds. The number of nitriles is 1. The van der Waals surface area contributed by atoms with Gasteiger partial charge in [-0.1, -0.05) is 23.9 Å². The Balaban J connectivity index is 2.60. The van der Waals surface area contributed by atoms with E-state index < -0.39 is 0 Å². The minimum Gasteiger partial charge on any atom is -0.508 e. The van der Waals surface area contributed by atoms with E-state index in [1.807, 2.05) is 6.92 Å². The number of nitrogens with zero attached hydrogens (tertiary/aromatic N) is 3. The molecule has 7 nitrogen and oxygen atoms in total. The van der Waals surface area contributed by atoms with Gasteiger partial charge in [-0.15, -0.1) is 0 Å². The number of phenols is 1. The smallest absolute Gasteiger partial charge is 0.230 e. The van der Waals surface area contributed by atoms with Crippen LogP contribution in [0.25, 0.3) is 11.1 Å². The highest BCUT2D eigenvalue weighted by molar-refractivity contribution is 8.00. The van der Waals surface area contributed by atoms with Crippen LogP contribution in [0.4, 0.5) is 5.82 Å². The Morgan fingerprint density at radius 2 is 2.15 bits per heavy atom. The molecule has 26 heavy (non-hydrogen) atoms. The second-order valence-corrected chi connectivity index (χ2v) is 6.22. The summed E-state index contributed by atoms with van der Waals surface area (Å²) < 4.78 is 0. The number of amides is 1. The van der Waals surface area contributed by atoms with E-state index in [4.69, 9.17) is 5.73 Å². The van der Waals surface area contributed by atoms with Gasteiger partial charge in [0.25, 0.3) is 0 Å². The quantitative estimate of drug-likeness (QED) is 0.529. The van der Waals surface area contributed by atoms with Gasteiger partial charge in [-0.25, -0.2) is 4.98 Å². The van der Waals surface area contributed by atoms with Crippen molar-refractivity contribution in [2.45, 2.75) is 11.9 Å². The number of nitrogen functional groups attached to an aromatic ring is 1. The number of benzene rings is 1. The second-order valence-electron chi connectivity index (χ2n) is 5.25. The van der Waals surface area contributed by atoms with E-state index in [9.17, 15) is 15.2 Å². The molecule has 0 aliphatic rings. The van der Waals surface area contributed by atoms with E-state index in [0.29, 0.717) is 33.8 Å². The molecule has 0 radical (unpaired) electrons. The van der Waals surface area contributed by atoms with Crippen LogP contribution in [-0.4, -0.2) is 41.6 Å². The number of hydrogen-bond acceptors (Lipinski definition) is 7. The van der Waals surface area contributed by atoms with Crippen LogP contribution >= 0.6 is 11.8 Å². The van der Waals surface area contributed by atoms with Crippen LogP contribution < -0.4 is 11.1 Å². The molecule has 0 fully saturated rings. The van der Waals surface area contributed by atoms with Gasteiger partial charge in [0.2, 0.25) is 5.91 Å². The minimum absolute atomic E-state index is 0.117. The van der Waals surface area contributed by atoms with Gasteiger partial charge < -0.3 is 16.2 Å². The lowest BCUT2D eigenvalue weighted by atomic mass is 9.96. The lowest BCUT2D eigenvalue weighted by Crippen LogP contribution is -2.24. The van der Waals surface area contributed by atoms with E-state index in [0.717, 1.165) is 11.8 Å². The van der Waals surface area contributed by atoms with Crippen molar-refractivity contribution in [3.05, 3.63) is 35.4 Å². The summed E-state index contributed by atoms with van der Waals surface area (Å²) in [6, 6.07) is 8.60. The zero-order valence-electron chi connectivity index (χ0n) is 14.5. The maximum Gasteiger partial charge on any atom is 0.230 e. The first-order valence-electron chi connectivity index (χ1n) is 7.86. The summed E-state index contributed by atoms with van der Waals surface area (Å²) in [5.74, 6) is 0.319. The molecule has 0 unspecified atom stereocenters. The molecular weight excluding hydrogens is 350 g/mol. The van der Waals surface area contributed by atoms with Crippen molar-refractivity contribution in [1.29, 1.82) is 5.26 Å². The molecule has 1 heterocycles. The number of carbonyl (C=O) groups is 1. The van der Waals surface area contributed by atoms with Gasteiger partial charge in [-0.2, -0.15) is 5.26 Å². The fourth-order valence-corrected chi connectivity index (χ4v) is 3.20. The molecule has 1 aromatic carbocycles. The number of carbonyl (C=O) groups excluding carboxylic acids is 1. The Hall–Kier alpha value is -3.05. The number of hydrogen-bond donors (Lipinski definition) is 3. The van der Waals surface area contributed by atoms with Gasteiger partial charge in [0, 0.05) is 30.9 Å². The van der Waals surface area contributed by atoms with Crippen LogP contribution in [0.5, 0.6) is 5.75 Å². The Bertz CT molecular complexity index is 873. The van der Waals surface area contributed by atoms with Crippen LogP contribution in [0.3, 0.4) is 0 Å². The molecule has 2 aromatic rings. The first-order valence-corrected chi connectivity index (χ1v) is 8.85. The summed E-state index contributed by atoms with van der Waals surface area (Å²) in [6.45, 7) is 2.37. The highest BCUT2D eigenvalue weighted by atomic mass is 32.2. The molecule has 8 heteroatoms. The van der Waals surface area contributed by atoms with Gasteiger partial charge in [0.1, 0.15) is 22.7 Å². The van der Waals surface area contributed by atoms with E-state index in [1.54, 1.807) is 25.4 Å². The molecule has 0 bridgehead atoms. The van der Waals surface area contributed by atoms with Gasteiger partial charge in [-0.05, 0) is 24.6 Å². The number of aromatic nitrogens is 1. The van der Waals surface area contributed by atoms with Crippen LogP contribution in [0, 0.1) is 11.3 Å². The van der Waals surface area contributed by atoms with E-state index >= 15 is 0 Å². The summed E-state index contributed by atoms with van der Waals surface area (Å²) in [4.78, 5) is 20.0. The molecule has 4 N–H and O–H groups in total. The number of pyridine rings is 1. The first-order chi connectivity index (χ1) is 12.5. The molecule has 2 rings (SSSR count). The van der Waals surface area contributed by atoms with E-state index in [-0.39, 0.29) is 23.2 Å². The van der Waals surface area contributed by atoms with E-state index in [2.05, 4.69) is 21.4 Å². The number of rotatable bonds is 6. The van der Waals surface area contributed by atoms with Gasteiger partial charge in [0.15, 0.2) is 0 Å². The Morgan fingerprint density at radius 3 is 2.73 bits per heavy atom. The molecule has 0 saturated heterocycles. The molecular formula is C18H19N5O2S. The van der Waals surface area contributed by atoms with Crippen molar-refractivity contribution in [2.24, 2.45) is 4.99 Å². The van der Waals surface area contributed by atoms with Gasteiger partial charge >= 0.3 is 0 Å². The van der Waals surface area contributed by atoms with Crippen molar-refractivity contribution >= 4 is 29.7 Å². The van der Waals surface area contributed by atoms with Crippen LogP contribution in [0.2, 0.25) is 0 Å². The summed E-state index contributed by atoms with van der Waals surface area (Å²) >= 11 is 1.15. The third kappa shape index (κ3) is 4.32. The topological polar surface area (TPSA) is 124 Å². The lowest BCUT2D eigenvalue weighted by molar-refractivity contribution is -0.118. The molecule has 1 aromatic heterocycles. The number of aliphatic imine (C=N–C) groups is 1. The summed E-state index contributed by atoms with van der Waals surface area (Å²) in [7, 11) is 1.60. The SMILES string of the molecule is CCNC(=O)CSc1nc(N)c(C=NC)c(-c2ccc(O)cc2)c1C#N. The van der Waals surface area contributed by atoms with Crippen LogP contribution in [0.15, 0.2) is 34.3 Å². The van der Waals surface area contributed by atoms with Crippen molar-refractivity contribution < 1.29 is 9.90 Å². The normalized spacial score (nSPS) is 10.7. The predicted molar refractivity (Wildman–Crippen MR) is 103 cm³/mol. The number of phenolic OH excluding ortho intramolecular Hbond substituents is 1. The summed E-state index contributed by atoms with van der Waals surface area (Å²) in [5.41, 5.74) is 8.20. The molecule has 0 aliphatic carbocycles. The Kier molecular flexibility index (Phi) is 6.58.